The zero-order valence-corrected chi connectivity index (χ0v) is 14.4. The molecule has 1 aromatic rings. The van der Waals surface area contributed by atoms with Crippen molar-refractivity contribution in [3.63, 3.8) is 0 Å². The Morgan fingerprint density at radius 3 is 1.81 bits per heavy atom. The molecule has 0 heterocycles. The van der Waals surface area contributed by atoms with Crippen molar-refractivity contribution >= 4 is 22.6 Å². The summed E-state index contributed by atoms with van der Waals surface area (Å²) in [4.78, 5) is 0. The second-order valence-electron chi connectivity index (χ2n) is 5.14. The molecule has 0 radical (unpaired) electrons. The fourth-order valence-corrected chi connectivity index (χ4v) is 2.54. The average molecular weight is 510 g/mol. The van der Waals surface area contributed by atoms with Crippen molar-refractivity contribution in [2.24, 2.45) is 0 Å². The highest BCUT2D eigenvalue weighted by atomic mass is 127. The molecule has 0 aliphatic heterocycles. The standard InChI is InChI=1S/C14H9F10IO/c15-8-3-1-7(2-4-8)10(26)5-9(25)6-11(16,17)12(18,19)13(20,21)14(22,23)24/h1-5,10,26H,6H2/b9-5-. The molecular weight excluding hydrogens is 501 g/mol. The van der Waals surface area contributed by atoms with E-state index in [4.69, 9.17) is 0 Å². The van der Waals surface area contributed by atoms with Crippen LogP contribution in [0, 0.1) is 5.82 Å². The predicted octanol–water partition coefficient (Wildman–Crippen LogP) is 6.04. The molecule has 0 aromatic heterocycles. The highest BCUT2D eigenvalue weighted by Gasteiger charge is 2.81. The third-order valence-electron chi connectivity index (χ3n) is 3.15. The Hall–Kier alpha value is -1.05. The molecule has 0 fully saturated rings. The van der Waals surface area contributed by atoms with Crippen LogP contribution in [0.4, 0.5) is 43.9 Å². The van der Waals surface area contributed by atoms with E-state index in [2.05, 4.69) is 0 Å². The van der Waals surface area contributed by atoms with E-state index in [0.29, 0.717) is 6.08 Å². The highest BCUT2D eigenvalue weighted by molar-refractivity contribution is 14.1. The quantitative estimate of drug-likeness (QED) is 0.366. The summed E-state index contributed by atoms with van der Waals surface area (Å²) in [6.07, 6.45) is -10.2. The SMILES string of the molecule is OC(/C=C(\I)CC(F)(F)C(F)(F)C(F)(F)C(F)(F)F)c1ccc(F)cc1. The number of aliphatic hydroxyl groups is 1. The fraction of sp³-hybridized carbons (Fsp3) is 0.429. The molecule has 0 saturated carbocycles. The van der Waals surface area contributed by atoms with Crippen LogP contribution in [-0.4, -0.2) is 29.1 Å². The maximum Gasteiger partial charge on any atom is 0.460 e. The largest absolute Gasteiger partial charge is 0.460 e. The molecule has 26 heavy (non-hydrogen) atoms. The van der Waals surface area contributed by atoms with Crippen molar-refractivity contribution in [1.82, 2.24) is 0 Å². The van der Waals surface area contributed by atoms with Crippen LogP contribution >= 0.6 is 22.6 Å². The third kappa shape index (κ3) is 4.61. The monoisotopic (exact) mass is 510 g/mol. The van der Waals surface area contributed by atoms with Gasteiger partial charge in [-0.05, 0) is 49.9 Å². The summed E-state index contributed by atoms with van der Waals surface area (Å²) in [7, 11) is 0. The fourth-order valence-electron chi connectivity index (χ4n) is 1.72. The summed E-state index contributed by atoms with van der Waals surface area (Å²) in [5.74, 6) is -20.1. The summed E-state index contributed by atoms with van der Waals surface area (Å²) >= 11 is 0.992. The van der Waals surface area contributed by atoms with Gasteiger partial charge in [-0.2, -0.15) is 39.5 Å². The minimum absolute atomic E-state index is 0.0451. The van der Waals surface area contributed by atoms with Crippen LogP contribution < -0.4 is 0 Å². The van der Waals surface area contributed by atoms with Gasteiger partial charge in [0, 0.05) is 6.42 Å². The first kappa shape index (κ1) is 23.0. The molecule has 0 spiro atoms. The lowest BCUT2D eigenvalue weighted by atomic mass is 10.00. The van der Waals surface area contributed by atoms with E-state index in [1.807, 2.05) is 0 Å². The van der Waals surface area contributed by atoms with E-state index in [1.54, 1.807) is 0 Å². The molecule has 1 rings (SSSR count). The van der Waals surface area contributed by atoms with E-state index in [-0.39, 0.29) is 5.56 Å². The Balaban J connectivity index is 3.05. The first-order chi connectivity index (χ1) is 11.5. The van der Waals surface area contributed by atoms with Gasteiger partial charge in [-0.1, -0.05) is 12.1 Å². The van der Waals surface area contributed by atoms with E-state index >= 15 is 0 Å². The predicted molar refractivity (Wildman–Crippen MR) is 79.0 cm³/mol. The van der Waals surface area contributed by atoms with Gasteiger partial charge in [0.15, 0.2) is 0 Å². The normalized spacial score (nSPS) is 15.9. The molecular formula is C14H9F10IO. The van der Waals surface area contributed by atoms with E-state index in [0.717, 1.165) is 46.9 Å². The number of rotatable bonds is 6. The van der Waals surface area contributed by atoms with Crippen LogP contribution in [0.25, 0.3) is 0 Å². The lowest BCUT2D eigenvalue weighted by Gasteiger charge is -2.33. The molecule has 12 heteroatoms. The molecule has 1 nitrogen and oxygen atoms in total. The minimum atomic E-state index is -6.96. The average Bonchev–Trinajstić information content (AvgIpc) is 2.45. The summed E-state index contributed by atoms with van der Waals surface area (Å²) in [5.41, 5.74) is -0.0451. The Morgan fingerprint density at radius 2 is 1.38 bits per heavy atom. The maximum atomic E-state index is 13.5. The van der Waals surface area contributed by atoms with E-state index in [1.165, 1.54) is 0 Å². The molecule has 1 aromatic carbocycles. The molecule has 1 unspecified atom stereocenters. The number of benzene rings is 1. The van der Waals surface area contributed by atoms with Gasteiger partial charge in [-0.25, -0.2) is 4.39 Å². The van der Waals surface area contributed by atoms with Crippen LogP contribution in [0.3, 0.4) is 0 Å². The summed E-state index contributed by atoms with van der Waals surface area (Å²) < 4.78 is 127. The van der Waals surface area contributed by atoms with Crippen LogP contribution in [0.2, 0.25) is 0 Å². The molecule has 1 N–H and O–H groups in total. The number of aliphatic hydroxyl groups excluding tert-OH is 1. The number of hydrogen-bond acceptors (Lipinski definition) is 1. The third-order valence-corrected chi connectivity index (χ3v) is 3.89. The summed E-state index contributed by atoms with van der Waals surface area (Å²) in [6.45, 7) is 0. The topological polar surface area (TPSA) is 20.2 Å². The van der Waals surface area contributed by atoms with Gasteiger partial charge in [-0.3, -0.25) is 0 Å². The molecule has 1 atom stereocenters. The van der Waals surface area contributed by atoms with E-state index < -0.39 is 45.9 Å². The van der Waals surface area contributed by atoms with Gasteiger partial charge < -0.3 is 5.11 Å². The van der Waals surface area contributed by atoms with Gasteiger partial charge in [0.05, 0.1) is 6.10 Å². The Bertz CT molecular complexity index is 651. The van der Waals surface area contributed by atoms with Crippen molar-refractivity contribution < 1.29 is 49.0 Å². The van der Waals surface area contributed by atoms with Crippen molar-refractivity contribution in [3.05, 3.63) is 45.3 Å². The lowest BCUT2D eigenvalue weighted by molar-refractivity contribution is -0.395. The van der Waals surface area contributed by atoms with Crippen LogP contribution in [0.1, 0.15) is 18.1 Å². The zero-order valence-electron chi connectivity index (χ0n) is 12.3. The highest BCUT2D eigenvalue weighted by Crippen LogP contribution is 2.55. The second kappa shape index (κ2) is 7.52. The Kier molecular flexibility index (Phi) is 6.65. The molecule has 0 aliphatic carbocycles. The first-order valence-corrected chi connectivity index (χ1v) is 7.60. The molecule has 0 amide bonds. The summed E-state index contributed by atoms with van der Waals surface area (Å²) in [5, 5.41) is 9.71. The molecule has 0 bridgehead atoms. The number of hydrogen-bond donors (Lipinski definition) is 1. The first-order valence-electron chi connectivity index (χ1n) is 6.53. The van der Waals surface area contributed by atoms with Crippen LogP contribution in [-0.2, 0) is 0 Å². The van der Waals surface area contributed by atoms with Crippen molar-refractivity contribution in [2.45, 2.75) is 36.5 Å². The summed E-state index contributed by atoms with van der Waals surface area (Å²) in [6, 6.07) is 3.85. The zero-order chi connectivity index (χ0) is 20.6. The molecule has 0 aliphatic rings. The van der Waals surface area contributed by atoms with Crippen LogP contribution in [0.15, 0.2) is 33.9 Å². The van der Waals surface area contributed by atoms with Gasteiger partial charge in [-0.15, -0.1) is 0 Å². The van der Waals surface area contributed by atoms with Gasteiger partial charge >= 0.3 is 23.9 Å². The number of alkyl halides is 9. The molecule has 0 saturated heterocycles. The van der Waals surface area contributed by atoms with Crippen molar-refractivity contribution in [1.29, 1.82) is 0 Å². The Morgan fingerprint density at radius 1 is 0.923 bits per heavy atom. The lowest BCUT2D eigenvalue weighted by Crippen LogP contribution is -2.60. The van der Waals surface area contributed by atoms with Crippen molar-refractivity contribution in [3.8, 4) is 0 Å². The van der Waals surface area contributed by atoms with E-state index in [9.17, 15) is 49.0 Å². The Labute approximate surface area is 153 Å². The van der Waals surface area contributed by atoms with Crippen molar-refractivity contribution in [2.75, 3.05) is 0 Å². The second-order valence-corrected chi connectivity index (χ2v) is 6.52. The minimum Gasteiger partial charge on any atom is -0.384 e. The van der Waals surface area contributed by atoms with Gasteiger partial charge in [0.1, 0.15) is 5.82 Å². The number of halogens is 11. The molecule has 148 valence electrons. The van der Waals surface area contributed by atoms with Gasteiger partial charge in [0.25, 0.3) is 0 Å². The van der Waals surface area contributed by atoms with Gasteiger partial charge in [0.2, 0.25) is 0 Å². The maximum absolute atomic E-state index is 13.5. The smallest absolute Gasteiger partial charge is 0.384 e. The van der Waals surface area contributed by atoms with Crippen LogP contribution in [0.5, 0.6) is 0 Å². The number of allylic oxidation sites excluding steroid dienone is 1.